The average Bonchev–Trinajstić information content (AvgIpc) is 2.22. The number of unbranched alkanes of at least 4 members (excludes halogenated alkanes) is 2. The van der Waals surface area contributed by atoms with Gasteiger partial charge in [-0.3, -0.25) is 14.4 Å². The number of amides is 2. The van der Waals surface area contributed by atoms with Gasteiger partial charge in [0, 0.05) is 26.4 Å². The third kappa shape index (κ3) is 12.3. The maximum atomic E-state index is 11.2. The molecule has 0 heterocycles. The van der Waals surface area contributed by atoms with Gasteiger partial charge in [-0.05, 0) is 12.8 Å². The molecule has 6 heteroatoms. The van der Waals surface area contributed by atoms with Gasteiger partial charge in [0.2, 0.25) is 11.8 Å². The van der Waals surface area contributed by atoms with E-state index in [2.05, 4.69) is 10.6 Å². The van der Waals surface area contributed by atoms with Crippen LogP contribution in [-0.2, 0) is 14.4 Å². The van der Waals surface area contributed by atoms with Crippen molar-refractivity contribution in [1.82, 2.24) is 10.6 Å². The summed E-state index contributed by atoms with van der Waals surface area (Å²) in [5.41, 5.74) is 0. The van der Waals surface area contributed by atoms with Crippen LogP contribution in [-0.4, -0.2) is 36.0 Å². The molecule has 0 bridgehead atoms. The standard InChI is InChI=1S/C11H20N2O4/c1-9(14)12-7-4-2-3-5-10(15)13-8-6-11(16)17/h2-8H2,1H3,(H,12,14)(H,13,15)(H,16,17). The third-order valence-corrected chi connectivity index (χ3v) is 2.12. The molecule has 2 amide bonds. The summed E-state index contributed by atoms with van der Waals surface area (Å²) in [5, 5.41) is 13.6. The van der Waals surface area contributed by atoms with Crippen LogP contribution in [0.5, 0.6) is 0 Å². The van der Waals surface area contributed by atoms with Crippen LogP contribution in [0.2, 0.25) is 0 Å². The van der Waals surface area contributed by atoms with E-state index in [1.54, 1.807) is 0 Å². The molecular formula is C11H20N2O4. The molecule has 0 saturated heterocycles. The predicted molar refractivity (Wildman–Crippen MR) is 62.4 cm³/mol. The normalized spacial score (nSPS) is 9.71. The molecule has 0 spiro atoms. The summed E-state index contributed by atoms with van der Waals surface area (Å²) >= 11 is 0. The highest BCUT2D eigenvalue weighted by atomic mass is 16.4. The molecule has 0 aliphatic heterocycles. The minimum Gasteiger partial charge on any atom is -0.481 e. The maximum absolute atomic E-state index is 11.2. The van der Waals surface area contributed by atoms with Gasteiger partial charge in [-0.25, -0.2) is 0 Å². The van der Waals surface area contributed by atoms with Gasteiger partial charge in [0.15, 0.2) is 0 Å². The van der Waals surface area contributed by atoms with Crippen LogP contribution >= 0.6 is 0 Å². The molecule has 3 N–H and O–H groups in total. The lowest BCUT2D eigenvalue weighted by Gasteiger charge is -2.04. The summed E-state index contributed by atoms with van der Waals surface area (Å²) in [6, 6.07) is 0. The summed E-state index contributed by atoms with van der Waals surface area (Å²) in [6.07, 6.45) is 2.82. The minimum atomic E-state index is -0.916. The van der Waals surface area contributed by atoms with Gasteiger partial charge < -0.3 is 15.7 Å². The lowest BCUT2D eigenvalue weighted by atomic mass is 10.2. The van der Waals surface area contributed by atoms with E-state index >= 15 is 0 Å². The van der Waals surface area contributed by atoms with Crippen LogP contribution < -0.4 is 10.6 Å². The Morgan fingerprint density at radius 2 is 1.65 bits per heavy atom. The first-order valence-corrected chi connectivity index (χ1v) is 5.75. The highest BCUT2D eigenvalue weighted by Gasteiger charge is 2.02. The quantitative estimate of drug-likeness (QED) is 0.507. The van der Waals surface area contributed by atoms with Gasteiger partial charge in [0.25, 0.3) is 0 Å². The molecule has 0 fully saturated rings. The van der Waals surface area contributed by atoms with Gasteiger partial charge in [0.1, 0.15) is 0 Å². The Kier molecular flexibility index (Phi) is 8.72. The van der Waals surface area contributed by atoms with E-state index < -0.39 is 5.97 Å². The van der Waals surface area contributed by atoms with Crippen LogP contribution in [0.1, 0.15) is 39.0 Å². The number of carbonyl (C=O) groups excluding carboxylic acids is 2. The van der Waals surface area contributed by atoms with Crippen LogP contribution in [0.4, 0.5) is 0 Å². The second-order valence-corrected chi connectivity index (χ2v) is 3.79. The molecule has 0 aliphatic rings. The van der Waals surface area contributed by atoms with Gasteiger partial charge in [-0.15, -0.1) is 0 Å². The monoisotopic (exact) mass is 244 g/mol. The van der Waals surface area contributed by atoms with Gasteiger partial charge in [-0.2, -0.15) is 0 Å². The second kappa shape index (κ2) is 9.62. The number of carbonyl (C=O) groups is 3. The molecule has 0 aliphatic carbocycles. The molecule has 0 unspecified atom stereocenters. The number of rotatable bonds is 9. The zero-order chi connectivity index (χ0) is 13.1. The van der Waals surface area contributed by atoms with Crippen molar-refractivity contribution in [2.45, 2.75) is 39.0 Å². The molecule has 0 aromatic rings. The Balaban J connectivity index is 3.27. The Hall–Kier alpha value is -1.59. The lowest BCUT2D eigenvalue weighted by molar-refractivity contribution is -0.137. The summed E-state index contributed by atoms with van der Waals surface area (Å²) in [5.74, 6) is -1.08. The minimum absolute atomic E-state index is 0.0450. The van der Waals surface area contributed by atoms with Crippen LogP contribution in [0.25, 0.3) is 0 Å². The van der Waals surface area contributed by atoms with E-state index in [0.29, 0.717) is 13.0 Å². The highest BCUT2D eigenvalue weighted by molar-refractivity contribution is 5.76. The fourth-order valence-corrected chi connectivity index (χ4v) is 1.25. The molecule has 0 atom stereocenters. The van der Waals surface area contributed by atoms with Crippen LogP contribution in [0.15, 0.2) is 0 Å². The van der Waals surface area contributed by atoms with E-state index in [1.807, 2.05) is 0 Å². The summed E-state index contributed by atoms with van der Waals surface area (Å²) in [4.78, 5) is 31.9. The largest absolute Gasteiger partial charge is 0.481 e. The molecule has 0 aromatic carbocycles. The van der Waals surface area contributed by atoms with Crippen LogP contribution in [0, 0.1) is 0 Å². The van der Waals surface area contributed by atoms with Gasteiger partial charge in [-0.1, -0.05) is 6.42 Å². The number of aliphatic carboxylic acids is 1. The van der Waals surface area contributed by atoms with Crippen molar-refractivity contribution in [1.29, 1.82) is 0 Å². The predicted octanol–water partition coefficient (Wildman–Crippen LogP) is 0.274. The van der Waals surface area contributed by atoms with Crippen molar-refractivity contribution in [3.05, 3.63) is 0 Å². The lowest BCUT2D eigenvalue weighted by Crippen LogP contribution is -2.25. The molecule has 0 rings (SSSR count). The summed E-state index contributed by atoms with van der Waals surface area (Å²) in [7, 11) is 0. The summed E-state index contributed by atoms with van der Waals surface area (Å²) < 4.78 is 0. The van der Waals surface area contributed by atoms with Gasteiger partial charge >= 0.3 is 5.97 Å². The van der Waals surface area contributed by atoms with Crippen molar-refractivity contribution in [2.75, 3.05) is 13.1 Å². The summed E-state index contributed by atoms with van der Waals surface area (Å²) in [6.45, 7) is 2.28. The Labute approximate surface area is 101 Å². The van der Waals surface area contributed by atoms with E-state index in [9.17, 15) is 14.4 Å². The maximum Gasteiger partial charge on any atom is 0.305 e. The third-order valence-electron chi connectivity index (χ3n) is 2.12. The number of nitrogens with one attached hydrogen (secondary N) is 2. The first-order chi connectivity index (χ1) is 8.02. The highest BCUT2D eigenvalue weighted by Crippen LogP contribution is 1.98. The van der Waals surface area contributed by atoms with Crippen molar-refractivity contribution in [2.24, 2.45) is 0 Å². The first-order valence-electron chi connectivity index (χ1n) is 5.75. The molecule has 17 heavy (non-hydrogen) atoms. The smallest absolute Gasteiger partial charge is 0.305 e. The fourth-order valence-electron chi connectivity index (χ4n) is 1.25. The molecule has 0 saturated carbocycles. The Morgan fingerprint density at radius 1 is 0.941 bits per heavy atom. The average molecular weight is 244 g/mol. The molecule has 98 valence electrons. The zero-order valence-corrected chi connectivity index (χ0v) is 10.1. The Morgan fingerprint density at radius 3 is 2.24 bits per heavy atom. The zero-order valence-electron chi connectivity index (χ0n) is 10.1. The number of hydrogen-bond acceptors (Lipinski definition) is 3. The SMILES string of the molecule is CC(=O)NCCCCCC(=O)NCCC(=O)O. The van der Waals surface area contributed by atoms with Crippen molar-refractivity contribution >= 4 is 17.8 Å². The second-order valence-electron chi connectivity index (χ2n) is 3.79. The molecular weight excluding hydrogens is 224 g/mol. The fraction of sp³-hybridized carbons (Fsp3) is 0.727. The topological polar surface area (TPSA) is 95.5 Å². The van der Waals surface area contributed by atoms with Crippen molar-refractivity contribution < 1.29 is 19.5 Å². The number of hydrogen-bond donors (Lipinski definition) is 3. The van der Waals surface area contributed by atoms with Crippen LogP contribution in [0.3, 0.4) is 0 Å². The van der Waals surface area contributed by atoms with E-state index in [4.69, 9.17) is 5.11 Å². The van der Waals surface area contributed by atoms with Crippen molar-refractivity contribution in [3.63, 3.8) is 0 Å². The number of carboxylic acids is 1. The first kappa shape index (κ1) is 15.4. The Bertz CT molecular complexity index is 266. The van der Waals surface area contributed by atoms with Gasteiger partial charge in [0.05, 0.1) is 6.42 Å². The van der Waals surface area contributed by atoms with E-state index in [1.165, 1.54) is 6.92 Å². The van der Waals surface area contributed by atoms with Crippen molar-refractivity contribution in [3.8, 4) is 0 Å². The van der Waals surface area contributed by atoms with E-state index in [0.717, 1.165) is 19.3 Å². The molecule has 6 nitrogen and oxygen atoms in total. The number of carboxylic acid groups (broad SMARTS) is 1. The molecule has 0 aromatic heterocycles. The van der Waals surface area contributed by atoms with E-state index in [-0.39, 0.29) is 24.8 Å². The molecule has 0 radical (unpaired) electrons.